The van der Waals surface area contributed by atoms with Crippen molar-refractivity contribution in [3.8, 4) is 17.1 Å². The Morgan fingerprint density at radius 1 is 1.18 bits per heavy atom. The van der Waals surface area contributed by atoms with Crippen LogP contribution in [-0.4, -0.2) is 17.1 Å². The van der Waals surface area contributed by atoms with Gasteiger partial charge < -0.3 is 4.74 Å². The molecule has 0 aliphatic rings. The first-order chi connectivity index (χ1) is 7.86. The molecule has 0 fully saturated rings. The third-order valence-corrected chi connectivity index (χ3v) is 2.54. The lowest BCUT2D eigenvalue weighted by Crippen LogP contribution is -1.95. The van der Waals surface area contributed by atoms with Crippen LogP contribution in [0.1, 0.15) is 5.56 Å². The quantitative estimate of drug-likeness (QED) is 0.803. The summed E-state index contributed by atoms with van der Waals surface area (Å²) in [6.45, 7) is 0. The number of aromatic nitrogens is 2. The topological polar surface area (TPSA) is 35.0 Å². The number of nitrogens with zero attached hydrogens (tertiary/aromatic N) is 2. The summed E-state index contributed by atoms with van der Waals surface area (Å²) in [6, 6.07) is 7.58. The molecule has 0 N–H and O–H groups in total. The van der Waals surface area contributed by atoms with Crippen molar-refractivity contribution in [2.45, 2.75) is 5.88 Å². The average Bonchev–Trinajstić information content (AvgIpc) is 2.38. The highest BCUT2D eigenvalue weighted by Crippen LogP contribution is 2.28. The summed E-state index contributed by atoms with van der Waals surface area (Å²) in [6.07, 6.45) is 3.42. The first-order valence-electron chi connectivity index (χ1n) is 4.86. The SMILES string of the molecule is COc1ncccc1-c1ncccc1CCl.Cl. The molecule has 3 nitrogen and oxygen atoms in total. The van der Waals surface area contributed by atoms with Crippen LogP contribution in [0.4, 0.5) is 0 Å². The third-order valence-electron chi connectivity index (χ3n) is 2.25. The number of hydrogen-bond donors (Lipinski definition) is 0. The Balaban J connectivity index is 0.00000144. The van der Waals surface area contributed by atoms with E-state index in [0.717, 1.165) is 16.8 Å². The van der Waals surface area contributed by atoms with Gasteiger partial charge in [0.15, 0.2) is 0 Å². The normalized spacial score (nSPS) is 9.53. The minimum absolute atomic E-state index is 0. The van der Waals surface area contributed by atoms with E-state index in [1.807, 2.05) is 24.3 Å². The number of hydrogen-bond acceptors (Lipinski definition) is 3. The van der Waals surface area contributed by atoms with Gasteiger partial charge in [0.2, 0.25) is 5.88 Å². The number of halogens is 2. The first kappa shape index (κ1) is 13.7. The standard InChI is InChI=1S/C12H11ClN2O.ClH/c1-16-12-10(5-3-7-15-12)11-9(8-13)4-2-6-14-11;/h2-7H,8H2,1H3;1H. The van der Waals surface area contributed by atoms with Gasteiger partial charge in [0, 0.05) is 18.3 Å². The van der Waals surface area contributed by atoms with Crippen LogP contribution >= 0.6 is 24.0 Å². The van der Waals surface area contributed by atoms with E-state index < -0.39 is 0 Å². The summed E-state index contributed by atoms with van der Waals surface area (Å²) in [5.74, 6) is 0.980. The van der Waals surface area contributed by atoms with Crippen molar-refractivity contribution in [1.82, 2.24) is 9.97 Å². The molecule has 0 spiro atoms. The van der Waals surface area contributed by atoms with Gasteiger partial charge in [-0.3, -0.25) is 4.98 Å². The lowest BCUT2D eigenvalue weighted by molar-refractivity contribution is 0.399. The van der Waals surface area contributed by atoms with Crippen LogP contribution < -0.4 is 4.74 Å². The molecule has 2 rings (SSSR count). The van der Waals surface area contributed by atoms with E-state index in [1.54, 1.807) is 19.5 Å². The minimum Gasteiger partial charge on any atom is -0.481 e. The summed E-state index contributed by atoms with van der Waals surface area (Å²) in [4.78, 5) is 8.47. The number of pyridine rings is 2. The number of ether oxygens (including phenoxy) is 1. The Morgan fingerprint density at radius 3 is 2.59 bits per heavy atom. The highest BCUT2D eigenvalue weighted by atomic mass is 35.5. The molecule has 0 saturated heterocycles. The van der Waals surface area contributed by atoms with Crippen molar-refractivity contribution in [3.05, 3.63) is 42.2 Å². The monoisotopic (exact) mass is 270 g/mol. The molecule has 5 heteroatoms. The van der Waals surface area contributed by atoms with Crippen molar-refractivity contribution in [2.24, 2.45) is 0 Å². The summed E-state index contributed by atoms with van der Waals surface area (Å²) < 4.78 is 5.21. The zero-order valence-electron chi connectivity index (χ0n) is 9.26. The Bertz CT molecular complexity index is 446. The van der Waals surface area contributed by atoms with Crippen LogP contribution in [-0.2, 0) is 5.88 Å². The van der Waals surface area contributed by atoms with Crippen LogP contribution in [0.25, 0.3) is 11.3 Å². The van der Waals surface area contributed by atoms with Gasteiger partial charge in [-0.15, -0.1) is 24.0 Å². The maximum absolute atomic E-state index is 5.88. The molecule has 0 aliphatic heterocycles. The second-order valence-electron chi connectivity index (χ2n) is 3.21. The molecule has 2 aromatic rings. The largest absolute Gasteiger partial charge is 0.481 e. The molecule has 0 saturated carbocycles. The van der Waals surface area contributed by atoms with Crippen molar-refractivity contribution in [2.75, 3.05) is 7.11 Å². The van der Waals surface area contributed by atoms with Gasteiger partial charge in [-0.1, -0.05) is 6.07 Å². The molecule has 0 amide bonds. The molecule has 0 aromatic carbocycles. The van der Waals surface area contributed by atoms with Crippen LogP contribution in [0.3, 0.4) is 0 Å². The summed E-state index contributed by atoms with van der Waals surface area (Å²) in [7, 11) is 1.59. The predicted molar refractivity (Wildman–Crippen MR) is 70.8 cm³/mol. The van der Waals surface area contributed by atoms with Crippen LogP contribution in [0.5, 0.6) is 5.88 Å². The molecule has 17 heavy (non-hydrogen) atoms. The Kier molecular flexibility index (Phi) is 5.19. The second kappa shape index (κ2) is 6.42. The van der Waals surface area contributed by atoms with E-state index in [0.29, 0.717) is 11.8 Å². The van der Waals surface area contributed by atoms with Gasteiger partial charge in [-0.25, -0.2) is 4.98 Å². The fraction of sp³-hybridized carbons (Fsp3) is 0.167. The van der Waals surface area contributed by atoms with E-state index >= 15 is 0 Å². The molecule has 0 radical (unpaired) electrons. The summed E-state index contributed by atoms with van der Waals surface area (Å²) in [5.41, 5.74) is 2.65. The van der Waals surface area contributed by atoms with Gasteiger partial charge >= 0.3 is 0 Å². The average molecular weight is 271 g/mol. The maximum Gasteiger partial charge on any atom is 0.222 e. The van der Waals surface area contributed by atoms with Gasteiger partial charge in [0.1, 0.15) is 0 Å². The third kappa shape index (κ3) is 2.87. The van der Waals surface area contributed by atoms with Crippen molar-refractivity contribution in [3.63, 3.8) is 0 Å². The molecular formula is C12H12Cl2N2O. The highest BCUT2D eigenvalue weighted by molar-refractivity contribution is 6.17. The molecule has 0 aliphatic carbocycles. The lowest BCUT2D eigenvalue weighted by Gasteiger charge is -2.08. The van der Waals surface area contributed by atoms with E-state index in [1.165, 1.54) is 0 Å². The zero-order valence-corrected chi connectivity index (χ0v) is 10.8. The van der Waals surface area contributed by atoms with E-state index in [9.17, 15) is 0 Å². The summed E-state index contributed by atoms with van der Waals surface area (Å²) in [5, 5.41) is 0. The number of rotatable bonds is 3. The number of alkyl halides is 1. The smallest absolute Gasteiger partial charge is 0.222 e. The predicted octanol–water partition coefficient (Wildman–Crippen LogP) is 3.31. The van der Waals surface area contributed by atoms with Crippen molar-refractivity contribution >= 4 is 24.0 Å². The first-order valence-corrected chi connectivity index (χ1v) is 5.39. The molecule has 0 bridgehead atoms. The maximum atomic E-state index is 5.88. The van der Waals surface area contributed by atoms with E-state index in [-0.39, 0.29) is 12.4 Å². The summed E-state index contributed by atoms with van der Waals surface area (Å²) >= 11 is 5.88. The van der Waals surface area contributed by atoms with Crippen molar-refractivity contribution in [1.29, 1.82) is 0 Å². The molecule has 2 heterocycles. The van der Waals surface area contributed by atoms with E-state index in [4.69, 9.17) is 16.3 Å². The van der Waals surface area contributed by atoms with Gasteiger partial charge in [-0.05, 0) is 23.8 Å². The number of methoxy groups -OCH3 is 1. The van der Waals surface area contributed by atoms with E-state index in [2.05, 4.69) is 9.97 Å². The van der Waals surface area contributed by atoms with Crippen molar-refractivity contribution < 1.29 is 4.74 Å². The van der Waals surface area contributed by atoms with Crippen LogP contribution in [0.15, 0.2) is 36.7 Å². The van der Waals surface area contributed by atoms with Gasteiger partial charge in [-0.2, -0.15) is 0 Å². The molecular weight excluding hydrogens is 259 g/mol. The van der Waals surface area contributed by atoms with Crippen LogP contribution in [0.2, 0.25) is 0 Å². The second-order valence-corrected chi connectivity index (χ2v) is 3.47. The Morgan fingerprint density at radius 2 is 1.88 bits per heavy atom. The molecule has 90 valence electrons. The Hall–Kier alpha value is -1.32. The van der Waals surface area contributed by atoms with Gasteiger partial charge in [0.25, 0.3) is 0 Å². The zero-order chi connectivity index (χ0) is 11.4. The molecule has 0 unspecified atom stereocenters. The van der Waals surface area contributed by atoms with Crippen LogP contribution in [0, 0.1) is 0 Å². The molecule has 2 aromatic heterocycles. The molecule has 0 atom stereocenters. The Labute approximate surface area is 111 Å². The fourth-order valence-corrected chi connectivity index (χ4v) is 1.74. The highest BCUT2D eigenvalue weighted by Gasteiger charge is 2.10. The minimum atomic E-state index is 0. The van der Waals surface area contributed by atoms with Gasteiger partial charge in [0.05, 0.1) is 18.4 Å². The lowest BCUT2D eigenvalue weighted by atomic mass is 10.1. The fourth-order valence-electron chi connectivity index (χ4n) is 1.52.